The molecule has 18 heavy (non-hydrogen) atoms. The first-order valence-electron chi connectivity index (χ1n) is 5.39. The molecule has 0 saturated carbocycles. The van der Waals surface area contributed by atoms with Gasteiger partial charge >= 0.3 is 0 Å². The number of methoxy groups -OCH3 is 1. The Labute approximate surface area is 125 Å². The summed E-state index contributed by atoms with van der Waals surface area (Å²) in [4.78, 5) is 0. The number of halogens is 2. The van der Waals surface area contributed by atoms with Crippen LogP contribution in [0.3, 0.4) is 0 Å². The van der Waals surface area contributed by atoms with Gasteiger partial charge in [0.15, 0.2) is 0 Å². The molecule has 0 aromatic heterocycles. The van der Waals surface area contributed by atoms with Crippen LogP contribution in [-0.2, 0) is 0 Å². The number of hydrogen-bond donors (Lipinski definition) is 1. The SMILES string of the molecule is COc1ccc(C(O)c2ccc(I)cc2)c(Cl)c1. The molecular weight excluding hydrogens is 363 g/mol. The molecule has 1 unspecified atom stereocenters. The van der Waals surface area contributed by atoms with E-state index in [1.807, 2.05) is 24.3 Å². The summed E-state index contributed by atoms with van der Waals surface area (Å²) in [7, 11) is 1.58. The van der Waals surface area contributed by atoms with Gasteiger partial charge in [0.2, 0.25) is 0 Å². The third-order valence-electron chi connectivity index (χ3n) is 2.69. The highest BCUT2D eigenvalue weighted by Crippen LogP contribution is 2.31. The average Bonchev–Trinajstić information content (AvgIpc) is 2.38. The van der Waals surface area contributed by atoms with Crippen LogP contribution in [0, 0.1) is 3.57 Å². The van der Waals surface area contributed by atoms with Gasteiger partial charge in [0, 0.05) is 9.13 Å². The third-order valence-corrected chi connectivity index (χ3v) is 3.73. The Bertz CT molecular complexity index is 540. The maximum absolute atomic E-state index is 10.3. The van der Waals surface area contributed by atoms with Crippen molar-refractivity contribution in [2.45, 2.75) is 6.10 Å². The Hall–Kier alpha value is -0.780. The number of hydrogen-bond acceptors (Lipinski definition) is 2. The highest BCUT2D eigenvalue weighted by molar-refractivity contribution is 14.1. The maximum Gasteiger partial charge on any atom is 0.120 e. The topological polar surface area (TPSA) is 29.5 Å². The second kappa shape index (κ2) is 5.91. The summed E-state index contributed by atoms with van der Waals surface area (Å²) in [6.45, 7) is 0. The van der Waals surface area contributed by atoms with Crippen LogP contribution in [0.25, 0.3) is 0 Å². The first-order chi connectivity index (χ1) is 8.61. The van der Waals surface area contributed by atoms with Gasteiger partial charge in [-0.3, -0.25) is 0 Å². The number of benzene rings is 2. The van der Waals surface area contributed by atoms with E-state index < -0.39 is 6.10 Å². The predicted molar refractivity (Wildman–Crippen MR) is 81.2 cm³/mol. The molecule has 2 nitrogen and oxygen atoms in total. The summed E-state index contributed by atoms with van der Waals surface area (Å²) in [5.41, 5.74) is 1.50. The molecule has 2 rings (SSSR count). The lowest BCUT2D eigenvalue weighted by Crippen LogP contribution is -2.00. The van der Waals surface area contributed by atoms with Gasteiger partial charge in [-0.15, -0.1) is 0 Å². The Morgan fingerprint density at radius 2 is 1.83 bits per heavy atom. The fourth-order valence-corrected chi connectivity index (χ4v) is 2.31. The van der Waals surface area contributed by atoms with Crippen LogP contribution in [-0.4, -0.2) is 12.2 Å². The lowest BCUT2D eigenvalue weighted by Gasteiger charge is -2.14. The molecular formula is C14H12ClIO2. The summed E-state index contributed by atoms with van der Waals surface area (Å²) in [5.74, 6) is 0.679. The van der Waals surface area contributed by atoms with Gasteiger partial charge in [-0.05, 0) is 52.4 Å². The monoisotopic (exact) mass is 374 g/mol. The molecule has 1 N–H and O–H groups in total. The Morgan fingerprint density at radius 3 is 2.39 bits per heavy atom. The number of rotatable bonds is 3. The number of ether oxygens (including phenoxy) is 1. The molecule has 2 aromatic rings. The molecule has 0 saturated heterocycles. The molecule has 94 valence electrons. The molecule has 0 aliphatic heterocycles. The van der Waals surface area contributed by atoms with Crippen molar-refractivity contribution >= 4 is 34.2 Å². The van der Waals surface area contributed by atoms with Crippen LogP contribution in [0.1, 0.15) is 17.2 Å². The van der Waals surface area contributed by atoms with E-state index in [-0.39, 0.29) is 0 Å². The first-order valence-corrected chi connectivity index (χ1v) is 6.84. The van der Waals surface area contributed by atoms with Crippen molar-refractivity contribution < 1.29 is 9.84 Å². The fourth-order valence-electron chi connectivity index (χ4n) is 1.68. The minimum Gasteiger partial charge on any atom is -0.497 e. The summed E-state index contributed by atoms with van der Waals surface area (Å²) in [5, 5.41) is 10.8. The van der Waals surface area contributed by atoms with Gasteiger partial charge in [0.25, 0.3) is 0 Å². The highest BCUT2D eigenvalue weighted by atomic mass is 127. The second-order valence-corrected chi connectivity index (χ2v) is 5.49. The molecule has 1 atom stereocenters. The van der Waals surface area contributed by atoms with Gasteiger partial charge in [-0.1, -0.05) is 29.8 Å². The summed E-state index contributed by atoms with van der Waals surface area (Å²) in [6.07, 6.45) is -0.722. The van der Waals surface area contributed by atoms with Crippen molar-refractivity contribution in [3.63, 3.8) is 0 Å². The lowest BCUT2D eigenvalue weighted by molar-refractivity contribution is 0.220. The van der Waals surface area contributed by atoms with Crippen LogP contribution in [0.2, 0.25) is 5.02 Å². The van der Waals surface area contributed by atoms with Gasteiger partial charge in [-0.25, -0.2) is 0 Å². The maximum atomic E-state index is 10.3. The molecule has 0 fully saturated rings. The van der Waals surface area contributed by atoms with Crippen molar-refractivity contribution in [3.05, 3.63) is 62.2 Å². The summed E-state index contributed by atoms with van der Waals surface area (Å²) in [6, 6.07) is 13.0. The average molecular weight is 375 g/mol. The quantitative estimate of drug-likeness (QED) is 0.822. The molecule has 0 spiro atoms. The van der Waals surface area contributed by atoms with Crippen molar-refractivity contribution in [1.82, 2.24) is 0 Å². The Morgan fingerprint density at radius 1 is 1.17 bits per heavy atom. The van der Waals surface area contributed by atoms with E-state index in [0.29, 0.717) is 16.3 Å². The van der Waals surface area contributed by atoms with Crippen LogP contribution < -0.4 is 4.74 Å². The van der Waals surface area contributed by atoms with Crippen LogP contribution in [0.5, 0.6) is 5.75 Å². The van der Waals surface area contributed by atoms with Crippen LogP contribution >= 0.6 is 34.2 Å². The van der Waals surface area contributed by atoms with E-state index in [0.717, 1.165) is 9.13 Å². The van der Waals surface area contributed by atoms with E-state index in [4.69, 9.17) is 16.3 Å². The lowest BCUT2D eigenvalue weighted by atomic mass is 10.0. The molecule has 0 bridgehead atoms. The molecule has 0 amide bonds. The zero-order valence-electron chi connectivity index (χ0n) is 9.73. The Balaban J connectivity index is 2.33. The molecule has 0 radical (unpaired) electrons. The smallest absolute Gasteiger partial charge is 0.120 e. The predicted octanol–water partition coefficient (Wildman–Crippen LogP) is 4.03. The van der Waals surface area contributed by atoms with Crippen molar-refractivity contribution in [1.29, 1.82) is 0 Å². The summed E-state index contributed by atoms with van der Waals surface area (Å²) >= 11 is 8.37. The normalized spacial score (nSPS) is 12.2. The fraction of sp³-hybridized carbons (Fsp3) is 0.143. The highest BCUT2D eigenvalue weighted by Gasteiger charge is 2.14. The number of aliphatic hydroxyl groups is 1. The van der Waals surface area contributed by atoms with Crippen molar-refractivity contribution in [2.75, 3.05) is 7.11 Å². The minimum atomic E-state index is -0.722. The van der Waals surface area contributed by atoms with E-state index in [9.17, 15) is 5.11 Å². The van der Waals surface area contributed by atoms with Crippen LogP contribution in [0.4, 0.5) is 0 Å². The zero-order valence-corrected chi connectivity index (χ0v) is 12.6. The summed E-state index contributed by atoms with van der Waals surface area (Å²) < 4.78 is 6.21. The molecule has 0 aliphatic carbocycles. The molecule has 0 heterocycles. The van der Waals surface area contributed by atoms with Gasteiger partial charge < -0.3 is 9.84 Å². The van der Waals surface area contributed by atoms with Crippen molar-refractivity contribution in [2.24, 2.45) is 0 Å². The van der Waals surface area contributed by atoms with E-state index in [1.54, 1.807) is 25.3 Å². The second-order valence-electron chi connectivity index (χ2n) is 3.84. The van der Waals surface area contributed by atoms with E-state index in [2.05, 4.69) is 22.6 Å². The Kier molecular flexibility index (Phi) is 4.48. The standard InChI is InChI=1S/C14H12ClIO2/c1-18-11-6-7-12(13(15)8-11)14(17)9-2-4-10(16)5-3-9/h2-8,14,17H,1H3. The van der Waals surface area contributed by atoms with Gasteiger partial charge in [-0.2, -0.15) is 0 Å². The molecule has 2 aromatic carbocycles. The van der Waals surface area contributed by atoms with Crippen molar-refractivity contribution in [3.8, 4) is 5.75 Å². The van der Waals surface area contributed by atoms with Crippen LogP contribution in [0.15, 0.2) is 42.5 Å². The number of aliphatic hydroxyl groups excluding tert-OH is 1. The van der Waals surface area contributed by atoms with E-state index >= 15 is 0 Å². The third kappa shape index (κ3) is 2.96. The largest absolute Gasteiger partial charge is 0.497 e. The van der Waals surface area contributed by atoms with Gasteiger partial charge in [0.1, 0.15) is 11.9 Å². The molecule has 0 aliphatic rings. The molecule has 4 heteroatoms. The first kappa shape index (κ1) is 13.6. The minimum absolute atomic E-state index is 0.500. The zero-order chi connectivity index (χ0) is 13.1. The van der Waals surface area contributed by atoms with Gasteiger partial charge in [0.05, 0.1) is 12.1 Å². The van der Waals surface area contributed by atoms with E-state index in [1.165, 1.54) is 0 Å².